The molecule has 1 aromatic rings. The van der Waals surface area contributed by atoms with E-state index in [-0.39, 0.29) is 11.8 Å². The quantitative estimate of drug-likeness (QED) is 0.806. The van der Waals surface area contributed by atoms with Crippen LogP contribution in [0.5, 0.6) is 0 Å². The fourth-order valence-corrected chi connectivity index (χ4v) is 2.03. The van der Waals surface area contributed by atoms with Crippen LogP contribution in [0, 0.1) is 16.4 Å². The van der Waals surface area contributed by atoms with Crippen LogP contribution in [0.3, 0.4) is 0 Å². The third kappa shape index (κ3) is 4.63. The normalized spacial score (nSPS) is 12.2. The van der Waals surface area contributed by atoms with Gasteiger partial charge in [-0.15, -0.1) is 0 Å². The number of benzene rings is 1. The number of carbonyl (C=O) groups is 1. The first kappa shape index (κ1) is 14.4. The molecule has 1 rings (SSSR count). The van der Waals surface area contributed by atoms with Gasteiger partial charge in [-0.3, -0.25) is 4.79 Å². The van der Waals surface area contributed by atoms with Crippen LogP contribution in [0.15, 0.2) is 18.2 Å². The summed E-state index contributed by atoms with van der Waals surface area (Å²) < 4.78 is 1.12. The van der Waals surface area contributed by atoms with Crippen molar-refractivity contribution < 1.29 is 4.79 Å². The Kier molecular flexibility index (Phi) is 5.91. The molecule has 1 atom stereocenters. The van der Waals surface area contributed by atoms with Gasteiger partial charge in [-0.25, -0.2) is 0 Å². The van der Waals surface area contributed by atoms with Crippen LogP contribution in [0.1, 0.15) is 25.3 Å². The fraction of sp³-hybridized carbons (Fsp3) is 0.462. The van der Waals surface area contributed by atoms with Gasteiger partial charge in [0.2, 0.25) is 5.91 Å². The fourth-order valence-electron chi connectivity index (χ4n) is 1.54. The molecule has 0 bridgehead atoms. The van der Waals surface area contributed by atoms with E-state index in [1.165, 1.54) is 0 Å². The number of anilines is 1. The van der Waals surface area contributed by atoms with E-state index in [0.717, 1.165) is 27.7 Å². The zero-order chi connectivity index (χ0) is 12.8. The molecule has 94 valence electrons. The first-order valence-corrected chi connectivity index (χ1v) is 6.89. The summed E-state index contributed by atoms with van der Waals surface area (Å²) >= 11 is 2.24. The molecule has 1 aromatic carbocycles. The number of halogens is 1. The van der Waals surface area contributed by atoms with E-state index in [4.69, 9.17) is 5.73 Å². The molecule has 0 aromatic heterocycles. The minimum Gasteiger partial charge on any atom is -0.330 e. The van der Waals surface area contributed by atoms with Crippen molar-refractivity contribution in [2.75, 3.05) is 11.9 Å². The molecule has 0 aliphatic rings. The van der Waals surface area contributed by atoms with E-state index in [1.807, 2.05) is 32.0 Å². The summed E-state index contributed by atoms with van der Waals surface area (Å²) in [4.78, 5) is 11.9. The Labute approximate surface area is 116 Å². The van der Waals surface area contributed by atoms with Gasteiger partial charge in [-0.2, -0.15) is 0 Å². The van der Waals surface area contributed by atoms with Crippen molar-refractivity contribution in [2.24, 2.45) is 11.7 Å². The summed E-state index contributed by atoms with van der Waals surface area (Å²) in [5, 5.41) is 2.98. The van der Waals surface area contributed by atoms with E-state index in [0.29, 0.717) is 6.54 Å². The summed E-state index contributed by atoms with van der Waals surface area (Å²) in [5.41, 5.74) is 7.43. The molecule has 0 radical (unpaired) electrons. The van der Waals surface area contributed by atoms with Crippen LogP contribution in [0.25, 0.3) is 0 Å². The third-order valence-corrected chi connectivity index (χ3v) is 3.42. The maximum atomic E-state index is 11.9. The molecular weight excluding hydrogens is 327 g/mol. The molecule has 0 heterocycles. The Morgan fingerprint density at radius 3 is 2.88 bits per heavy atom. The zero-order valence-corrected chi connectivity index (χ0v) is 12.5. The average Bonchev–Trinajstić information content (AvgIpc) is 2.30. The number of aryl methyl sites for hydroxylation is 1. The van der Waals surface area contributed by atoms with Crippen molar-refractivity contribution in [3.63, 3.8) is 0 Å². The maximum absolute atomic E-state index is 11.9. The van der Waals surface area contributed by atoms with Crippen molar-refractivity contribution in [3.05, 3.63) is 27.3 Å². The van der Waals surface area contributed by atoms with Gasteiger partial charge >= 0.3 is 0 Å². The lowest BCUT2D eigenvalue weighted by Crippen LogP contribution is -2.21. The topological polar surface area (TPSA) is 55.1 Å². The second-order valence-corrected chi connectivity index (χ2v) is 5.53. The van der Waals surface area contributed by atoms with E-state index in [9.17, 15) is 4.79 Å². The van der Waals surface area contributed by atoms with Crippen LogP contribution < -0.4 is 11.1 Å². The molecule has 3 N–H and O–H groups in total. The highest BCUT2D eigenvalue weighted by molar-refractivity contribution is 14.1. The number of carbonyl (C=O) groups excluding carboxylic acids is 1. The van der Waals surface area contributed by atoms with Gasteiger partial charge in [-0.05, 0) is 66.6 Å². The van der Waals surface area contributed by atoms with E-state index < -0.39 is 0 Å². The van der Waals surface area contributed by atoms with E-state index in [2.05, 4.69) is 27.9 Å². The summed E-state index contributed by atoms with van der Waals surface area (Å²) in [6, 6.07) is 6.04. The van der Waals surface area contributed by atoms with Crippen molar-refractivity contribution in [2.45, 2.75) is 26.7 Å². The van der Waals surface area contributed by atoms with Crippen molar-refractivity contribution in [1.29, 1.82) is 0 Å². The molecule has 4 heteroatoms. The predicted molar refractivity (Wildman–Crippen MR) is 80.0 cm³/mol. The lowest BCUT2D eigenvalue weighted by Gasteiger charge is -2.13. The summed E-state index contributed by atoms with van der Waals surface area (Å²) in [5.74, 6) is 0.0827. The Bertz CT molecular complexity index is 393. The van der Waals surface area contributed by atoms with Gasteiger partial charge in [0.1, 0.15) is 0 Å². The molecule has 0 saturated heterocycles. The SMILES string of the molecule is Cc1ccc(I)cc1NC(=O)C(C)CCCN. The third-order valence-electron chi connectivity index (χ3n) is 2.75. The van der Waals surface area contributed by atoms with Crippen molar-refractivity contribution in [3.8, 4) is 0 Å². The first-order chi connectivity index (χ1) is 8.04. The van der Waals surface area contributed by atoms with Gasteiger partial charge in [0.25, 0.3) is 0 Å². The molecule has 1 amide bonds. The van der Waals surface area contributed by atoms with Crippen LogP contribution in [0.2, 0.25) is 0 Å². The average molecular weight is 346 g/mol. The molecule has 0 spiro atoms. The van der Waals surface area contributed by atoms with Crippen LogP contribution in [-0.2, 0) is 4.79 Å². The lowest BCUT2D eigenvalue weighted by molar-refractivity contribution is -0.119. The van der Waals surface area contributed by atoms with E-state index in [1.54, 1.807) is 0 Å². The maximum Gasteiger partial charge on any atom is 0.227 e. The van der Waals surface area contributed by atoms with Gasteiger partial charge in [0.15, 0.2) is 0 Å². The Hall–Kier alpha value is -0.620. The summed E-state index contributed by atoms with van der Waals surface area (Å²) in [6.45, 7) is 4.57. The Morgan fingerprint density at radius 1 is 1.53 bits per heavy atom. The standard InChI is InChI=1S/C13H19IN2O/c1-9-5-6-11(14)8-12(9)16-13(17)10(2)4-3-7-15/h5-6,8,10H,3-4,7,15H2,1-2H3,(H,16,17). The highest BCUT2D eigenvalue weighted by Crippen LogP contribution is 2.19. The lowest BCUT2D eigenvalue weighted by atomic mass is 10.0. The second-order valence-electron chi connectivity index (χ2n) is 4.28. The smallest absolute Gasteiger partial charge is 0.227 e. The van der Waals surface area contributed by atoms with Gasteiger partial charge < -0.3 is 11.1 Å². The molecular formula is C13H19IN2O. The van der Waals surface area contributed by atoms with Gasteiger partial charge in [0.05, 0.1) is 0 Å². The van der Waals surface area contributed by atoms with Crippen LogP contribution in [-0.4, -0.2) is 12.5 Å². The zero-order valence-electron chi connectivity index (χ0n) is 10.3. The summed E-state index contributed by atoms with van der Waals surface area (Å²) in [6.07, 6.45) is 1.73. The Balaban J connectivity index is 2.64. The van der Waals surface area contributed by atoms with Crippen molar-refractivity contribution in [1.82, 2.24) is 0 Å². The highest BCUT2D eigenvalue weighted by Gasteiger charge is 2.13. The van der Waals surface area contributed by atoms with Crippen LogP contribution in [0.4, 0.5) is 5.69 Å². The molecule has 0 fully saturated rings. The van der Waals surface area contributed by atoms with Crippen molar-refractivity contribution >= 4 is 34.2 Å². The van der Waals surface area contributed by atoms with Gasteiger partial charge in [0, 0.05) is 15.2 Å². The number of nitrogens with one attached hydrogen (secondary N) is 1. The predicted octanol–water partition coefficient (Wildman–Crippen LogP) is 2.91. The van der Waals surface area contributed by atoms with Gasteiger partial charge in [-0.1, -0.05) is 13.0 Å². The largest absolute Gasteiger partial charge is 0.330 e. The minimum atomic E-state index is 0.0100. The molecule has 3 nitrogen and oxygen atoms in total. The monoisotopic (exact) mass is 346 g/mol. The second kappa shape index (κ2) is 6.96. The van der Waals surface area contributed by atoms with E-state index >= 15 is 0 Å². The Morgan fingerprint density at radius 2 is 2.24 bits per heavy atom. The molecule has 0 saturated carbocycles. The number of hydrogen-bond acceptors (Lipinski definition) is 2. The molecule has 1 unspecified atom stereocenters. The van der Waals surface area contributed by atoms with Crippen LogP contribution >= 0.6 is 22.6 Å². The number of amides is 1. The molecule has 17 heavy (non-hydrogen) atoms. The highest BCUT2D eigenvalue weighted by atomic mass is 127. The minimum absolute atomic E-state index is 0.0100. The number of nitrogens with two attached hydrogens (primary N) is 1. The molecule has 0 aliphatic carbocycles. The summed E-state index contributed by atoms with van der Waals surface area (Å²) in [7, 11) is 0. The number of hydrogen-bond donors (Lipinski definition) is 2. The molecule has 0 aliphatic heterocycles. The first-order valence-electron chi connectivity index (χ1n) is 5.81. The number of rotatable bonds is 5.